The van der Waals surface area contributed by atoms with Crippen LogP contribution < -0.4 is 10.2 Å². The minimum Gasteiger partial charge on any atom is -0.352 e. The van der Waals surface area contributed by atoms with Crippen molar-refractivity contribution in [2.24, 2.45) is 5.41 Å². The molecule has 1 aliphatic carbocycles. The summed E-state index contributed by atoms with van der Waals surface area (Å²) in [6.07, 6.45) is 6.19. The van der Waals surface area contributed by atoms with Crippen molar-refractivity contribution in [3.63, 3.8) is 0 Å². The molecule has 2 aliphatic rings. The number of carbonyl (C=O) groups is 1. The van der Waals surface area contributed by atoms with E-state index in [0.29, 0.717) is 0 Å². The molecule has 1 spiro atoms. The number of benzene rings is 1. The van der Waals surface area contributed by atoms with E-state index in [1.165, 1.54) is 0 Å². The van der Waals surface area contributed by atoms with Crippen LogP contribution in [0, 0.1) is 17.0 Å². The standard InChI is InChI=1S/C19H20F2N4O/c20-14-2-3-15(21)13(10-14)11-17(26)24-16-12-19(16)4-8-25(9-5-19)18-22-6-1-7-23-18/h1-3,6-7,10,16H,4-5,8-9,11-12H2,(H,24,26). The van der Waals surface area contributed by atoms with Crippen LogP contribution in [0.4, 0.5) is 14.7 Å². The first-order valence-corrected chi connectivity index (χ1v) is 8.81. The third-order valence-corrected chi connectivity index (χ3v) is 5.48. The Hall–Kier alpha value is -2.57. The van der Waals surface area contributed by atoms with Crippen LogP contribution in [0.3, 0.4) is 0 Å². The second-order valence-corrected chi connectivity index (χ2v) is 7.13. The van der Waals surface area contributed by atoms with E-state index >= 15 is 0 Å². The third-order valence-electron chi connectivity index (χ3n) is 5.48. The summed E-state index contributed by atoms with van der Waals surface area (Å²) < 4.78 is 26.9. The Balaban J connectivity index is 1.30. The molecule has 1 unspecified atom stereocenters. The lowest BCUT2D eigenvalue weighted by Gasteiger charge is -2.32. The average Bonchev–Trinajstić information content (AvgIpc) is 3.30. The molecule has 136 valence electrons. The van der Waals surface area contributed by atoms with Gasteiger partial charge >= 0.3 is 0 Å². The predicted octanol–water partition coefficient (Wildman–Crippen LogP) is 2.47. The molecule has 5 nitrogen and oxygen atoms in total. The number of anilines is 1. The van der Waals surface area contributed by atoms with E-state index in [1.54, 1.807) is 18.5 Å². The first kappa shape index (κ1) is 16.9. The van der Waals surface area contributed by atoms with Crippen LogP contribution in [-0.4, -0.2) is 35.0 Å². The van der Waals surface area contributed by atoms with Gasteiger partial charge in [-0.2, -0.15) is 0 Å². The zero-order valence-electron chi connectivity index (χ0n) is 14.3. The summed E-state index contributed by atoms with van der Waals surface area (Å²) in [6.45, 7) is 1.71. The molecule has 1 aromatic heterocycles. The van der Waals surface area contributed by atoms with E-state index in [9.17, 15) is 13.6 Å². The summed E-state index contributed by atoms with van der Waals surface area (Å²) in [5, 5.41) is 2.99. The molecular weight excluding hydrogens is 338 g/mol. The van der Waals surface area contributed by atoms with E-state index in [2.05, 4.69) is 20.2 Å². The lowest BCUT2D eigenvalue weighted by Crippen LogP contribution is -2.39. The van der Waals surface area contributed by atoms with Gasteiger partial charge in [-0.1, -0.05) is 0 Å². The van der Waals surface area contributed by atoms with Gasteiger partial charge in [0, 0.05) is 37.1 Å². The molecule has 26 heavy (non-hydrogen) atoms. The second kappa shape index (κ2) is 6.63. The highest BCUT2D eigenvalue weighted by Gasteiger charge is 2.55. The molecule has 2 fully saturated rings. The van der Waals surface area contributed by atoms with Gasteiger partial charge in [-0.05, 0) is 48.9 Å². The Morgan fingerprint density at radius 2 is 1.96 bits per heavy atom. The molecule has 1 atom stereocenters. The largest absolute Gasteiger partial charge is 0.352 e. The lowest BCUT2D eigenvalue weighted by atomic mass is 9.92. The number of nitrogens with one attached hydrogen (secondary N) is 1. The van der Waals surface area contributed by atoms with Gasteiger partial charge in [0.15, 0.2) is 0 Å². The number of hydrogen-bond acceptors (Lipinski definition) is 4. The van der Waals surface area contributed by atoms with E-state index in [1.807, 2.05) is 0 Å². The van der Waals surface area contributed by atoms with Gasteiger partial charge in [-0.15, -0.1) is 0 Å². The van der Waals surface area contributed by atoms with Crippen LogP contribution in [-0.2, 0) is 11.2 Å². The third kappa shape index (κ3) is 3.38. The van der Waals surface area contributed by atoms with Crippen LogP contribution >= 0.6 is 0 Å². The van der Waals surface area contributed by atoms with Crippen LogP contribution in [0.15, 0.2) is 36.7 Å². The van der Waals surface area contributed by atoms with Crippen molar-refractivity contribution in [2.75, 3.05) is 18.0 Å². The minimum atomic E-state index is -0.553. The molecule has 1 aliphatic heterocycles. The van der Waals surface area contributed by atoms with Crippen LogP contribution in [0.2, 0.25) is 0 Å². The summed E-state index contributed by atoms with van der Waals surface area (Å²) in [5.74, 6) is -0.605. The van der Waals surface area contributed by atoms with Crippen molar-refractivity contribution in [3.05, 3.63) is 53.9 Å². The maximum absolute atomic E-state index is 13.7. The smallest absolute Gasteiger partial charge is 0.225 e. The zero-order valence-corrected chi connectivity index (χ0v) is 14.3. The number of rotatable bonds is 4. The molecule has 1 aromatic carbocycles. The van der Waals surface area contributed by atoms with Gasteiger partial charge in [0.1, 0.15) is 11.6 Å². The summed E-state index contributed by atoms with van der Waals surface area (Å²) in [7, 11) is 0. The number of carbonyl (C=O) groups excluding carboxylic acids is 1. The van der Waals surface area contributed by atoms with Gasteiger partial charge in [0.05, 0.1) is 6.42 Å². The first-order chi connectivity index (χ1) is 12.6. The van der Waals surface area contributed by atoms with E-state index < -0.39 is 11.6 Å². The molecular formula is C19H20F2N4O. The van der Waals surface area contributed by atoms with E-state index in [-0.39, 0.29) is 29.3 Å². The van der Waals surface area contributed by atoms with Crippen molar-refractivity contribution in [3.8, 4) is 0 Å². The Morgan fingerprint density at radius 1 is 1.23 bits per heavy atom. The van der Waals surface area contributed by atoms with Crippen molar-refractivity contribution < 1.29 is 13.6 Å². The highest BCUT2D eigenvalue weighted by molar-refractivity contribution is 5.79. The van der Waals surface area contributed by atoms with Crippen molar-refractivity contribution in [1.29, 1.82) is 0 Å². The van der Waals surface area contributed by atoms with Gasteiger partial charge in [-0.25, -0.2) is 18.7 Å². The SMILES string of the molecule is O=C(Cc1cc(F)ccc1F)NC1CC12CCN(c1ncccn1)CC2. The monoisotopic (exact) mass is 358 g/mol. The fourth-order valence-electron chi connectivity index (χ4n) is 3.81. The molecule has 7 heteroatoms. The normalized spacial score (nSPS) is 20.8. The summed E-state index contributed by atoms with van der Waals surface area (Å²) in [5.41, 5.74) is 0.217. The maximum atomic E-state index is 13.7. The number of piperidine rings is 1. The predicted molar refractivity (Wildman–Crippen MR) is 92.5 cm³/mol. The van der Waals surface area contributed by atoms with Gasteiger partial charge in [0.2, 0.25) is 11.9 Å². The summed E-state index contributed by atoms with van der Waals surface area (Å²) in [4.78, 5) is 22.9. The van der Waals surface area contributed by atoms with Crippen LogP contribution in [0.1, 0.15) is 24.8 Å². The highest BCUT2D eigenvalue weighted by atomic mass is 19.1. The molecule has 2 aromatic rings. The molecule has 2 heterocycles. The summed E-state index contributed by atoms with van der Waals surface area (Å²) >= 11 is 0. The van der Waals surface area contributed by atoms with Gasteiger partial charge < -0.3 is 10.2 Å². The zero-order chi connectivity index (χ0) is 18.1. The number of nitrogens with zero attached hydrogens (tertiary/aromatic N) is 3. The summed E-state index contributed by atoms with van der Waals surface area (Å²) in [6, 6.07) is 5.10. The minimum absolute atomic E-state index is 0.0910. The van der Waals surface area contributed by atoms with Gasteiger partial charge in [-0.3, -0.25) is 4.79 Å². The van der Waals surface area contributed by atoms with Crippen molar-refractivity contribution in [1.82, 2.24) is 15.3 Å². The number of amides is 1. The Kier molecular flexibility index (Phi) is 4.30. The van der Waals surface area contributed by atoms with E-state index in [4.69, 9.17) is 0 Å². The number of halogens is 2. The Labute approximate surface area is 150 Å². The molecule has 1 saturated heterocycles. The Bertz CT molecular complexity index is 806. The molecule has 1 saturated carbocycles. The quantitative estimate of drug-likeness (QED) is 0.912. The maximum Gasteiger partial charge on any atom is 0.225 e. The van der Waals surface area contributed by atoms with Crippen molar-refractivity contribution >= 4 is 11.9 Å². The second-order valence-electron chi connectivity index (χ2n) is 7.13. The first-order valence-electron chi connectivity index (χ1n) is 8.81. The average molecular weight is 358 g/mol. The topological polar surface area (TPSA) is 58.1 Å². The molecule has 1 N–H and O–H groups in total. The van der Waals surface area contributed by atoms with Crippen LogP contribution in [0.5, 0.6) is 0 Å². The fraction of sp³-hybridized carbons (Fsp3) is 0.421. The molecule has 4 rings (SSSR count). The Morgan fingerprint density at radius 3 is 2.69 bits per heavy atom. The molecule has 1 amide bonds. The molecule has 0 radical (unpaired) electrons. The van der Waals surface area contributed by atoms with Crippen molar-refractivity contribution in [2.45, 2.75) is 31.7 Å². The highest BCUT2D eigenvalue weighted by Crippen LogP contribution is 2.54. The molecule has 0 bridgehead atoms. The number of hydrogen-bond donors (Lipinski definition) is 1. The van der Waals surface area contributed by atoms with Crippen LogP contribution in [0.25, 0.3) is 0 Å². The van der Waals surface area contributed by atoms with E-state index in [0.717, 1.165) is 56.5 Å². The fourth-order valence-corrected chi connectivity index (χ4v) is 3.81. The lowest BCUT2D eigenvalue weighted by molar-refractivity contribution is -0.120. The van der Waals surface area contributed by atoms with Gasteiger partial charge in [0.25, 0.3) is 0 Å². The number of aromatic nitrogens is 2.